The Bertz CT molecular complexity index is 204. The van der Waals surface area contributed by atoms with Crippen LogP contribution in [0.25, 0.3) is 0 Å². The highest BCUT2D eigenvalue weighted by Gasteiger charge is 2.07. The second-order valence-electron chi connectivity index (χ2n) is 1.96. The van der Waals surface area contributed by atoms with E-state index in [4.69, 9.17) is 10.0 Å². The van der Waals surface area contributed by atoms with Crippen molar-refractivity contribution in [3.63, 3.8) is 0 Å². The van der Waals surface area contributed by atoms with Crippen LogP contribution >= 0.6 is 0 Å². The van der Waals surface area contributed by atoms with Crippen LogP contribution in [0.1, 0.15) is 5.69 Å². The molecule has 0 amide bonds. The summed E-state index contributed by atoms with van der Waals surface area (Å²) in [6.07, 6.45) is 1.61. The Morgan fingerprint density at radius 2 is 2.27 bits per heavy atom. The Balaban J connectivity index is 2.39. The summed E-state index contributed by atoms with van der Waals surface area (Å²) in [5, 5.41) is 16.6. The van der Waals surface area contributed by atoms with E-state index in [1.54, 1.807) is 24.4 Å². The molecule has 0 radical (unpaired) electrons. The maximum atomic E-state index is 8.32. The van der Waals surface area contributed by atoms with Crippen LogP contribution in [0.15, 0.2) is 24.4 Å². The van der Waals surface area contributed by atoms with Gasteiger partial charge in [0.05, 0.1) is 12.3 Å². The van der Waals surface area contributed by atoms with Gasteiger partial charge in [0.15, 0.2) is 0 Å². The van der Waals surface area contributed by atoms with Gasteiger partial charge in [-0.1, -0.05) is 6.07 Å². The van der Waals surface area contributed by atoms with Crippen molar-refractivity contribution in [2.75, 3.05) is 0 Å². The summed E-state index contributed by atoms with van der Waals surface area (Å²) in [5.74, 6) is 0. The standard InChI is InChI=1S/C6H8BNO3/c9-7(10)11-5-6-3-1-2-4-8-6/h1-4,9-10H,5H2. The molecule has 58 valence electrons. The predicted octanol–water partition coefficient (Wildman–Crippen LogP) is -0.432. The fraction of sp³-hybridized carbons (Fsp3) is 0.167. The molecule has 0 aromatic carbocycles. The molecule has 0 saturated heterocycles. The van der Waals surface area contributed by atoms with Gasteiger partial charge in [-0.2, -0.15) is 0 Å². The van der Waals surface area contributed by atoms with Crippen molar-refractivity contribution < 1.29 is 14.7 Å². The van der Waals surface area contributed by atoms with Crippen molar-refractivity contribution in [1.29, 1.82) is 0 Å². The van der Waals surface area contributed by atoms with Crippen LogP contribution in [0, 0.1) is 0 Å². The minimum Gasteiger partial charge on any atom is -0.402 e. The van der Waals surface area contributed by atoms with Gasteiger partial charge >= 0.3 is 7.32 Å². The first-order chi connectivity index (χ1) is 5.29. The summed E-state index contributed by atoms with van der Waals surface area (Å²) < 4.78 is 4.48. The van der Waals surface area contributed by atoms with E-state index in [1.807, 2.05) is 0 Å². The van der Waals surface area contributed by atoms with E-state index in [2.05, 4.69) is 9.64 Å². The largest absolute Gasteiger partial charge is 0.634 e. The smallest absolute Gasteiger partial charge is 0.402 e. The Labute approximate surface area is 64.6 Å². The second-order valence-corrected chi connectivity index (χ2v) is 1.96. The van der Waals surface area contributed by atoms with Crippen molar-refractivity contribution in [2.45, 2.75) is 6.61 Å². The third-order valence-electron chi connectivity index (χ3n) is 1.11. The van der Waals surface area contributed by atoms with E-state index in [-0.39, 0.29) is 6.61 Å². The van der Waals surface area contributed by atoms with Gasteiger partial charge in [0, 0.05) is 6.20 Å². The Kier molecular flexibility index (Phi) is 3.03. The SMILES string of the molecule is OB(O)OCc1ccccn1. The van der Waals surface area contributed by atoms with Crippen LogP contribution in [0.2, 0.25) is 0 Å². The zero-order chi connectivity index (χ0) is 8.10. The predicted molar refractivity (Wildman–Crippen MR) is 39.2 cm³/mol. The quantitative estimate of drug-likeness (QED) is 0.578. The van der Waals surface area contributed by atoms with Gasteiger partial charge in [0.2, 0.25) is 0 Å². The molecule has 0 bridgehead atoms. The third-order valence-corrected chi connectivity index (χ3v) is 1.11. The molecule has 0 aliphatic heterocycles. The normalized spacial score (nSPS) is 9.64. The minimum absolute atomic E-state index is 0.110. The van der Waals surface area contributed by atoms with E-state index in [1.165, 1.54) is 0 Å². The summed E-state index contributed by atoms with van der Waals surface area (Å²) in [6.45, 7) is 0.110. The fourth-order valence-electron chi connectivity index (χ4n) is 0.643. The number of rotatable bonds is 3. The van der Waals surface area contributed by atoms with E-state index in [0.717, 1.165) is 0 Å². The van der Waals surface area contributed by atoms with Crippen molar-refractivity contribution in [2.24, 2.45) is 0 Å². The number of aromatic nitrogens is 1. The fourth-order valence-corrected chi connectivity index (χ4v) is 0.643. The van der Waals surface area contributed by atoms with Gasteiger partial charge in [-0.3, -0.25) is 4.98 Å². The maximum Gasteiger partial charge on any atom is 0.634 e. The lowest BCUT2D eigenvalue weighted by molar-refractivity contribution is 0.174. The molecule has 0 aliphatic rings. The first kappa shape index (κ1) is 8.19. The van der Waals surface area contributed by atoms with Crippen molar-refractivity contribution in [3.8, 4) is 0 Å². The molecule has 1 aromatic rings. The van der Waals surface area contributed by atoms with Crippen LogP contribution in [-0.4, -0.2) is 22.4 Å². The van der Waals surface area contributed by atoms with Gasteiger partial charge in [0.25, 0.3) is 0 Å². The Morgan fingerprint density at radius 1 is 1.45 bits per heavy atom. The highest BCUT2D eigenvalue weighted by atomic mass is 16.6. The monoisotopic (exact) mass is 153 g/mol. The van der Waals surface area contributed by atoms with E-state index in [0.29, 0.717) is 5.69 Å². The third kappa shape index (κ3) is 3.13. The molecule has 1 heterocycles. The molecular weight excluding hydrogens is 145 g/mol. The number of hydrogen-bond donors (Lipinski definition) is 2. The summed E-state index contributed by atoms with van der Waals surface area (Å²) in [7, 11) is -1.72. The van der Waals surface area contributed by atoms with Crippen molar-refractivity contribution in [3.05, 3.63) is 30.1 Å². The molecule has 1 aromatic heterocycles. The molecule has 0 atom stereocenters. The van der Waals surface area contributed by atoms with Gasteiger partial charge in [-0.05, 0) is 12.1 Å². The van der Waals surface area contributed by atoms with Gasteiger partial charge < -0.3 is 14.7 Å². The molecule has 0 fully saturated rings. The minimum atomic E-state index is -1.72. The lowest BCUT2D eigenvalue weighted by Crippen LogP contribution is -2.16. The van der Waals surface area contributed by atoms with Gasteiger partial charge in [-0.25, -0.2) is 0 Å². The first-order valence-electron chi connectivity index (χ1n) is 3.16. The summed E-state index contributed by atoms with van der Waals surface area (Å²) in [4.78, 5) is 3.90. The number of pyridine rings is 1. The summed E-state index contributed by atoms with van der Waals surface area (Å²) in [6, 6.07) is 5.32. The number of nitrogens with zero attached hydrogens (tertiary/aromatic N) is 1. The summed E-state index contributed by atoms with van der Waals surface area (Å²) in [5.41, 5.74) is 0.667. The zero-order valence-corrected chi connectivity index (χ0v) is 5.84. The van der Waals surface area contributed by atoms with Crippen LogP contribution in [-0.2, 0) is 11.3 Å². The van der Waals surface area contributed by atoms with E-state index in [9.17, 15) is 0 Å². The van der Waals surface area contributed by atoms with Crippen LogP contribution in [0.5, 0.6) is 0 Å². The zero-order valence-electron chi connectivity index (χ0n) is 5.84. The molecule has 4 nitrogen and oxygen atoms in total. The molecule has 0 spiro atoms. The molecule has 0 unspecified atom stereocenters. The topological polar surface area (TPSA) is 62.6 Å². The molecule has 0 saturated carbocycles. The van der Waals surface area contributed by atoms with Crippen molar-refractivity contribution in [1.82, 2.24) is 4.98 Å². The molecule has 2 N–H and O–H groups in total. The molecule has 11 heavy (non-hydrogen) atoms. The van der Waals surface area contributed by atoms with Crippen LogP contribution in [0.4, 0.5) is 0 Å². The van der Waals surface area contributed by atoms with E-state index < -0.39 is 7.32 Å². The number of hydrogen-bond acceptors (Lipinski definition) is 4. The van der Waals surface area contributed by atoms with E-state index >= 15 is 0 Å². The van der Waals surface area contributed by atoms with Gasteiger partial charge in [-0.15, -0.1) is 0 Å². The maximum absolute atomic E-state index is 8.32. The summed E-state index contributed by atoms with van der Waals surface area (Å²) >= 11 is 0. The molecule has 1 rings (SSSR count). The average Bonchev–Trinajstić information content (AvgIpc) is 2.03. The van der Waals surface area contributed by atoms with Gasteiger partial charge in [0.1, 0.15) is 0 Å². The Hall–Kier alpha value is -0.905. The van der Waals surface area contributed by atoms with Crippen LogP contribution < -0.4 is 0 Å². The lowest BCUT2D eigenvalue weighted by Gasteiger charge is -1.99. The molecule has 0 aliphatic carbocycles. The Morgan fingerprint density at radius 3 is 2.82 bits per heavy atom. The highest BCUT2D eigenvalue weighted by Crippen LogP contribution is 1.95. The lowest BCUT2D eigenvalue weighted by atomic mass is 10.2. The highest BCUT2D eigenvalue weighted by molar-refractivity contribution is 6.32. The second kappa shape index (κ2) is 4.07. The average molecular weight is 153 g/mol. The van der Waals surface area contributed by atoms with Crippen molar-refractivity contribution >= 4 is 7.32 Å². The molecule has 5 heteroatoms. The first-order valence-corrected chi connectivity index (χ1v) is 3.16. The molecular formula is C6H8BNO3. The van der Waals surface area contributed by atoms with Crippen LogP contribution in [0.3, 0.4) is 0 Å².